The van der Waals surface area contributed by atoms with Crippen LogP contribution in [0.4, 0.5) is 4.39 Å². The molecule has 3 rings (SSSR count). The Kier molecular flexibility index (Phi) is 4.89. The minimum absolute atomic E-state index is 0.128. The molecule has 0 amide bonds. The smallest absolute Gasteiger partial charge is 0.271 e. The van der Waals surface area contributed by atoms with Gasteiger partial charge in [0.2, 0.25) is 0 Å². The highest BCUT2D eigenvalue weighted by atomic mass is 35.5. The predicted molar refractivity (Wildman–Crippen MR) is 94.3 cm³/mol. The Balaban J connectivity index is 2.12. The maximum atomic E-state index is 13.1. The van der Waals surface area contributed by atoms with Gasteiger partial charge in [0.15, 0.2) is 0 Å². The van der Waals surface area contributed by atoms with Crippen molar-refractivity contribution < 1.29 is 4.39 Å². The van der Waals surface area contributed by atoms with Gasteiger partial charge in [-0.05, 0) is 29.8 Å². The Hall–Kier alpha value is -2.95. The van der Waals surface area contributed by atoms with Crippen molar-refractivity contribution in [3.05, 3.63) is 90.4 Å². The highest BCUT2D eigenvalue weighted by Crippen LogP contribution is 2.37. The van der Waals surface area contributed by atoms with Crippen LogP contribution in [0, 0.1) is 17.1 Å². The molecule has 0 saturated heterocycles. The second-order valence-electron chi connectivity index (χ2n) is 5.29. The standard InChI is InChI=1S/C17H9Cl2FN4O2/c18-13-5-11(24-17(26)23-15(25)8-22-24)6-14(19)16(13)12(7-21)9-1-3-10(20)4-2-9/h1-6,8,12H,(H,23,25,26)/t12-/m1/s1. The van der Waals surface area contributed by atoms with E-state index in [0.29, 0.717) is 11.1 Å². The molecule has 3 aromatic rings. The molecule has 0 radical (unpaired) electrons. The van der Waals surface area contributed by atoms with E-state index in [1.165, 1.54) is 36.4 Å². The van der Waals surface area contributed by atoms with E-state index in [-0.39, 0.29) is 15.7 Å². The lowest BCUT2D eigenvalue weighted by atomic mass is 9.92. The summed E-state index contributed by atoms with van der Waals surface area (Å²) in [7, 11) is 0. The molecule has 0 unspecified atom stereocenters. The number of rotatable bonds is 3. The third kappa shape index (κ3) is 3.38. The number of benzene rings is 2. The number of hydrogen-bond acceptors (Lipinski definition) is 4. The van der Waals surface area contributed by atoms with Crippen molar-refractivity contribution in [3.8, 4) is 11.8 Å². The van der Waals surface area contributed by atoms with Crippen molar-refractivity contribution in [2.75, 3.05) is 0 Å². The number of aromatic amines is 1. The van der Waals surface area contributed by atoms with Crippen LogP contribution >= 0.6 is 23.2 Å². The molecule has 0 bridgehead atoms. The van der Waals surface area contributed by atoms with Crippen LogP contribution in [0.5, 0.6) is 0 Å². The average molecular weight is 391 g/mol. The number of nitriles is 1. The van der Waals surface area contributed by atoms with Crippen LogP contribution in [-0.4, -0.2) is 14.8 Å². The zero-order chi connectivity index (χ0) is 18.8. The van der Waals surface area contributed by atoms with Crippen molar-refractivity contribution in [1.29, 1.82) is 5.26 Å². The number of nitrogens with one attached hydrogen (secondary N) is 1. The number of hydrogen-bond donors (Lipinski definition) is 1. The van der Waals surface area contributed by atoms with Crippen molar-refractivity contribution in [3.63, 3.8) is 0 Å². The first kappa shape index (κ1) is 17.9. The van der Waals surface area contributed by atoms with Gasteiger partial charge in [0.25, 0.3) is 5.56 Å². The molecule has 0 saturated carbocycles. The van der Waals surface area contributed by atoms with Crippen LogP contribution in [0.3, 0.4) is 0 Å². The highest BCUT2D eigenvalue weighted by Gasteiger charge is 2.21. The molecule has 0 spiro atoms. The normalized spacial score (nSPS) is 11.8. The fourth-order valence-corrected chi connectivity index (χ4v) is 3.16. The van der Waals surface area contributed by atoms with Gasteiger partial charge in [0.05, 0.1) is 17.7 Å². The lowest BCUT2D eigenvalue weighted by molar-refractivity contribution is 0.627. The van der Waals surface area contributed by atoms with Crippen LogP contribution in [0.15, 0.2) is 52.2 Å². The molecule has 1 atom stereocenters. The van der Waals surface area contributed by atoms with Gasteiger partial charge in [0, 0.05) is 15.6 Å². The summed E-state index contributed by atoms with van der Waals surface area (Å²) in [6, 6.07) is 10.3. The summed E-state index contributed by atoms with van der Waals surface area (Å²) in [4.78, 5) is 25.1. The zero-order valence-corrected chi connectivity index (χ0v) is 14.4. The summed E-state index contributed by atoms with van der Waals surface area (Å²) in [6.07, 6.45) is 0.938. The molecule has 0 fully saturated rings. The van der Waals surface area contributed by atoms with Gasteiger partial charge in [-0.25, -0.2) is 9.18 Å². The van der Waals surface area contributed by atoms with E-state index >= 15 is 0 Å². The Morgan fingerprint density at radius 2 is 1.77 bits per heavy atom. The van der Waals surface area contributed by atoms with Gasteiger partial charge in [-0.2, -0.15) is 15.0 Å². The fourth-order valence-electron chi connectivity index (χ4n) is 2.47. The minimum Gasteiger partial charge on any atom is -0.271 e. The van der Waals surface area contributed by atoms with E-state index in [1.54, 1.807) is 0 Å². The number of halogens is 3. The molecule has 0 aliphatic carbocycles. The molecule has 1 N–H and O–H groups in total. The quantitative estimate of drug-likeness (QED) is 0.743. The molecular weight excluding hydrogens is 382 g/mol. The second kappa shape index (κ2) is 7.12. The number of aromatic nitrogens is 3. The molecule has 9 heteroatoms. The zero-order valence-electron chi connectivity index (χ0n) is 12.9. The van der Waals surface area contributed by atoms with Crippen LogP contribution in [0.25, 0.3) is 5.69 Å². The molecule has 1 heterocycles. The van der Waals surface area contributed by atoms with Gasteiger partial charge in [-0.15, -0.1) is 0 Å². The van der Waals surface area contributed by atoms with Gasteiger partial charge in [-0.1, -0.05) is 35.3 Å². The Bertz CT molecular complexity index is 1110. The van der Waals surface area contributed by atoms with Gasteiger partial charge < -0.3 is 0 Å². The topological polar surface area (TPSA) is 91.5 Å². The molecule has 1 aromatic heterocycles. The maximum Gasteiger partial charge on any atom is 0.349 e. The van der Waals surface area contributed by atoms with E-state index in [2.05, 4.69) is 16.2 Å². The van der Waals surface area contributed by atoms with Crippen LogP contribution in [0.2, 0.25) is 10.0 Å². The molecule has 0 aliphatic rings. The molecule has 0 aliphatic heterocycles. The summed E-state index contributed by atoms with van der Waals surface area (Å²) in [5.74, 6) is -1.26. The highest BCUT2D eigenvalue weighted by molar-refractivity contribution is 6.36. The molecular formula is C17H9Cl2FN4O2. The van der Waals surface area contributed by atoms with Gasteiger partial charge >= 0.3 is 5.69 Å². The molecule has 6 nitrogen and oxygen atoms in total. The summed E-state index contributed by atoms with van der Waals surface area (Å²) in [6.45, 7) is 0. The van der Waals surface area contributed by atoms with E-state index in [0.717, 1.165) is 10.9 Å². The van der Waals surface area contributed by atoms with Crippen molar-refractivity contribution in [1.82, 2.24) is 14.8 Å². The summed E-state index contributed by atoms with van der Waals surface area (Å²) >= 11 is 12.6. The van der Waals surface area contributed by atoms with Crippen LogP contribution in [0.1, 0.15) is 17.0 Å². The maximum absolute atomic E-state index is 13.1. The molecule has 130 valence electrons. The van der Waals surface area contributed by atoms with Crippen molar-refractivity contribution >= 4 is 23.2 Å². The third-order valence-electron chi connectivity index (χ3n) is 3.64. The molecule has 2 aromatic carbocycles. The van der Waals surface area contributed by atoms with E-state index in [1.807, 2.05) is 0 Å². The second-order valence-corrected chi connectivity index (χ2v) is 6.10. The Morgan fingerprint density at radius 1 is 1.15 bits per heavy atom. The van der Waals surface area contributed by atoms with Crippen LogP contribution < -0.4 is 11.2 Å². The van der Waals surface area contributed by atoms with Gasteiger partial charge in [-0.3, -0.25) is 9.78 Å². The first-order valence-electron chi connectivity index (χ1n) is 7.23. The Morgan fingerprint density at radius 3 is 2.31 bits per heavy atom. The fraction of sp³-hybridized carbons (Fsp3) is 0.0588. The Labute approximate surface area is 156 Å². The summed E-state index contributed by atoms with van der Waals surface area (Å²) in [5, 5.41) is 13.5. The first-order valence-corrected chi connectivity index (χ1v) is 7.99. The van der Waals surface area contributed by atoms with E-state index in [4.69, 9.17) is 23.2 Å². The average Bonchev–Trinajstić information content (AvgIpc) is 2.59. The third-order valence-corrected chi connectivity index (χ3v) is 4.27. The van der Waals surface area contributed by atoms with Gasteiger partial charge in [0.1, 0.15) is 12.0 Å². The minimum atomic E-state index is -0.829. The largest absolute Gasteiger partial charge is 0.349 e. The first-order chi connectivity index (χ1) is 12.4. The number of H-pyrrole nitrogens is 1. The lowest BCUT2D eigenvalue weighted by Crippen LogP contribution is -2.30. The predicted octanol–water partition coefficient (Wildman–Crippen LogP) is 3.02. The van der Waals surface area contributed by atoms with E-state index < -0.39 is 23.0 Å². The molecule has 26 heavy (non-hydrogen) atoms. The number of nitrogens with zero attached hydrogens (tertiary/aromatic N) is 3. The van der Waals surface area contributed by atoms with Crippen molar-refractivity contribution in [2.24, 2.45) is 0 Å². The summed E-state index contributed by atoms with van der Waals surface area (Å²) in [5.41, 5.74) is -0.331. The SMILES string of the molecule is N#C[C@H](c1ccc(F)cc1)c1c(Cl)cc(-n2ncc(=O)[nH]c2=O)cc1Cl. The van der Waals surface area contributed by atoms with E-state index in [9.17, 15) is 19.2 Å². The summed E-state index contributed by atoms with van der Waals surface area (Å²) < 4.78 is 14.0. The lowest BCUT2D eigenvalue weighted by Gasteiger charge is -2.15. The van der Waals surface area contributed by atoms with Crippen molar-refractivity contribution in [2.45, 2.75) is 5.92 Å². The van der Waals surface area contributed by atoms with Crippen LogP contribution in [-0.2, 0) is 0 Å². The monoisotopic (exact) mass is 390 g/mol.